The number of hydrogen-bond acceptors (Lipinski definition) is 6. The van der Waals surface area contributed by atoms with Crippen LogP contribution in [0.3, 0.4) is 0 Å². The first kappa shape index (κ1) is 22.0. The summed E-state index contributed by atoms with van der Waals surface area (Å²) in [6, 6.07) is 3.09. The van der Waals surface area contributed by atoms with Gasteiger partial charge in [-0.05, 0) is 65.5 Å². The second-order valence-corrected chi connectivity index (χ2v) is 8.46. The van der Waals surface area contributed by atoms with Gasteiger partial charge < -0.3 is 19.7 Å². The van der Waals surface area contributed by atoms with Crippen molar-refractivity contribution in [1.82, 2.24) is 10.3 Å². The van der Waals surface area contributed by atoms with Crippen LogP contribution >= 0.6 is 0 Å². The highest BCUT2D eigenvalue weighted by atomic mass is 16.6. The van der Waals surface area contributed by atoms with Crippen LogP contribution in [-0.2, 0) is 20.7 Å². The topological polar surface area (TPSA) is 80.8 Å². The van der Waals surface area contributed by atoms with Crippen molar-refractivity contribution in [1.29, 1.82) is 0 Å². The first-order chi connectivity index (χ1) is 13.1. The fourth-order valence-corrected chi connectivity index (χ4v) is 3.04. The minimum Gasteiger partial charge on any atom is -0.461 e. The Kier molecular flexibility index (Phi) is 7.66. The first-order valence-corrected chi connectivity index (χ1v) is 10.0. The maximum atomic E-state index is 12.5. The number of amides is 1. The van der Waals surface area contributed by atoms with E-state index in [0.717, 1.165) is 24.5 Å². The smallest absolute Gasteiger partial charge is 0.408 e. The molecule has 7 heteroatoms. The van der Waals surface area contributed by atoms with Gasteiger partial charge in [0.1, 0.15) is 17.5 Å². The highest BCUT2D eigenvalue weighted by molar-refractivity contribution is 5.81. The monoisotopic (exact) mass is 391 g/mol. The lowest BCUT2D eigenvalue weighted by Crippen LogP contribution is -2.46. The van der Waals surface area contributed by atoms with Crippen molar-refractivity contribution < 1.29 is 19.1 Å². The molecular formula is C21H33N3O4. The Morgan fingerprint density at radius 1 is 1.18 bits per heavy atom. The lowest BCUT2D eigenvalue weighted by atomic mass is 10.1. The zero-order valence-electron chi connectivity index (χ0n) is 17.7. The highest BCUT2D eigenvalue weighted by Crippen LogP contribution is 2.18. The van der Waals surface area contributed by atoms with Crippen LogP contribution in [0.2, 0.25) is 0 Å². The number of anilines is 1. The summed E-state index contributed by atoms with van der Waals surface area (Å²) in [5.41, 5.74) is 0.205. The molecule has 7 nitrogen and oxygen atoms in total. The molecule has 0 radical (unpaired) electrons. The lowest BCUT2D eigenvalue weighted by Gasteiger charge is -2.28. The third-order valence-corrected chi connectivity index (χ3v) is 4.26. The molecule has 1 fully saturated rings. The maximum absolute atomic E-state index is 12.5. The number of nitrogens with one attached hydrogen (secondary N) is 1. The Hall–Kier alpha value is -2.31. The summed E-state index contributed by atoms with van der Waals surface area (Å²) >= 11 is 0. The van der Waals surface area contributed by atoms with Gasteiger partial charge in [0.2, 0.25) is 0 Å². The fraction of sp³-hybridized carbons (Fsp3) is 0.667. The van der Waals surface area contributed by atoms with Crippen molar-refractivity contribution in [3.05, 3.63) is 23.9 Å². The van der Waals surface area contributed by atoms with Crippen LogP contribution < -0.4 is 10.2 Å². The fourth-order valence-electron chi connectivity index (χ4n) is 3.04. The van der Waals surface area contributed by atoms with Gasteiger partial charge in [-0.2, -0.15) is 0 Å². The Labute approximate surface area is 167 Å². The molecule has 0 aliphatic carbocycles. The molecule has 28 heavy (non-hydrogen) atoms. The van der Waals surface area contributed by atoms with Gasteiger partial charge in [-0.15, -0.1) is 0 Å². The average molecular weight is 392 g/mol. The van der Waals surface area contributed by atoms with E-state index in [2.05, 4.69) is 15.2 Å². The molecule has 1 amide bonds. The van der Waals surface area contributed by atoms with Crippen LogP contribution in [-0.4, -0.2) is 47.9 Å². The zero-order valence-corrected chi connectivity index (χ0v) is 17.7. The van der Waals surface area contributed by atoms with Crippen molar-refractivity contribution in [3.63, 3.8) is 0 Å². The maximum Gasteiger partial charge on any atom is 0.408 e. The Balaban J connectivity index is 2.05. The number of aromatic nitrogens is 1. The van der Waals surface area contributed by atoms with Gasteiger partial charge in [-0.3, -0.25) is 0 Å². The minimum absolute atomic E-state index is 0.268. The summed E-state index contributed by atoms with van der Waals surface area (Å²) in [5, 5.41) is 2.63. The van der Waals surface area contributed by atoms with E-state index < -0.39 is 23.7 Å². The van der Waals surface area contributed by atoms with Crippen LogP contribution in [0.25, 0.3) is 0 Å². The largest absolute Gasteiger partial charge is 0.461 e. The SMILES string of the molecule is CC(C)OC(=O)C(Cc1ccc(N2CCCCC2)nc1)NC(=O)OC(C)(C)C. The van der Waals surface area contributed by atoms with Gasteiger partial charge in [0.25, 0.3) is 0 Å². The number of nitrogens with zero attached hydrogens (tertiary/aromatic N) is 2. The number of hydrogen-bond donors (Lipinski definition) is 1. The van der Waals surface area contributed by atoms with Crippen molar-refractivity contribution in [2.75, 3.05) is 18.0 Å². The summed E-state index contributed by atoms with van der Waals surface area (Å²) in [7, 11) is 0. The Morgan fingerprint density at radius 3 is 2.39 bits per heavy atom. The van der Waals surface area contributed by atoms with Crippen molar-refractivity contribution >= 4 is 17.9 Å². The van der Waals surface area contributed by atoms with Gasteiger partial charge in [0.05, 0.1) is 6.10 Å². The van der Waals surface area contributed by atoms with E-state index in [1.807, 2.05) is 12.1 Å². The number of esters is 1. The molecule has 1 aliphatic heterocycles. The van der Waals surface area contributed by atoms with Crippen molar-refractivity contribution in [2.24, 2.45) is 0 Å². The van der Waals surface area contributed by atoms with Gasteiger partial charge in [-0.25, -0.2) is 14.6 Å². The zero-order chi connectivity index (χ0) is 20.7. The third kappa shape index (κ3) is 7.37. The van der Waals surface area contributed by atoms with Gasteiger partial charge in [-0.1, -0.05) is 6.07 Å². The Morgan fingerprint density at radius 2 is 1.86 bits per heavy atom. The molecule has 0 bridgehead atoms. The summed E-state index contributed by atoms with van der Waals surface area (Å²) in [6.07, 6.45) is 4.78. The predicted octanol–water partition coefficient (Wildman–Crippen LogP) is 3.46. The standard InChI is InChI=1S/C21H33N3O4/c1-15(2)27-19(25)17(23-20(26)28-21(3,4)5)13-16-9-10-18(22-14-16)24-11-7-6-8-12-24/h9-10,14-15,17H,6-8,11-13H2,1-5H3,(H,23,26). The second kappa shape index (κ2) is 9.75. The second-order valence-electron chi connectivity index (χ2n) is 8.46. The molecule has 1 N–H and O–H groups in total. The van der Waals surface area contributed by atoms with Crippen LogP contribution in [0.15, 0.2) is 18.3 Å². The summed E-state index contributed by atoms with van der Waals surface area (Å²) in [5.74, 6) is 0.464. The molecule has 2 heterocycles. The molecule has 1 aromatic rings. The van der Waals surface area contributed by atoms with E-state index in [9.17, 15) is 9.59 Å². The van der Waals surface area contributed by atoms with E-state index in [1.54, 1.807) is 40.8 Å². The predicted molar refractivity (Wildman–Crippen MR) is 108 cm³/mol. The first-order valence-electron chi connectivity index (χ1n) is 10.0. The summed E-state index contributed by atoms with van der Waals surface area (Å²) in [4.78, 5) is 31.4. The Bertz CT molecular complexity index is 647. The molecule has 0 spiro atoms. The van der Waals surface area contributed by atoms with Crippen molar-refractivity contribution in [3.8, 4) is 0 Å². The van der Waals surface area contributed by atoms with E-state index in [4.69, 9.17) is 9.47 Å². The number of ether oxygens (including phenoxy) is 2. The van der Waals surface area contributed by atoms with Crippen LogP contribution in [0, 0.1) is 0 Å². The van der Waals surface area contributed by atoms with E-state index in [1.165, 1.54) is 19.3 Å². The molecular weight excluding hydrogens is 358 g/mol. The number of rotatable bonds is 6. The number of carbonyl (C=O) groups excluding carboxylic acids is 2. The van der Waals surface area contributed by atoms with Gasteiger partial charge >= 0.3 is 12.1 Å². The highest BCUT2D eigenvalue weighted by Gasteiger charge is 2.26. The van der Waals surface area contributed by atoms with Crippen LogP contribution in [0.4, 0.5) is 10.6 Å². The molecule has 0 saturated carbocycles. The number of pyridine rings is 1. The molecule has 1 unspecified atom stereocenters. The summed E-state index contributed by atoms with van der Waals surface area (Å²) in [6.45, 7) is 10.9. The van der Waals surface area contributed by atoms with Crippen LogP contribution in [0.1, 0.15) is 59.4 Å². The number of piperidine rings is 1. The molecule has 1 aliphatic rings. The quantitative estimate of drug-likeness (QED) is 0.748. The molecule has 0 aromatic carbocycles. The van der Waals surface area contributed by atoms with Crippen molar-refractivity contribution in [2.45, 2.75) is 78.0 Å². The molecule has 156 valence electrons. The van der Waals surface area contributed by atoms with E-state index in [-0.39, 0.29) is 12.5 Å². The number of carbonyl (C=O) groups is 2. The third-order valence-electron chi connectivity index (χ3n) is 4.26. The molecule has 2 rings (SSSR count). The van der Waals surface area contributed by atoms with E-state index >= 15 is 0 Å². The van der Waals surface area contributed by atoms with Gasteiger partial charge in [0.15, 0.2) is 0 Å². The van der Waals surface area contributed by atoms with E-state index in [0.29, 0.717) is 0 Å². The number of alkyl carbamates (subject to hydrolysis) is 1. The van der Waals surface area contributed by atoms with Crippen LogP contribution in [0.5, 0.6) is 0 Å². The normalized spacial score (nSPS) is 15.9. The molecule has 1 aromatic heterocycles. The minimum atomic E-state index is -0.833. The molecule has 1 saturated heterocycles. The average Bonchev–Trinajstić information content (AvgIpc) is 2.60. The lowest BCUT2D eigenvalue weighted by molar-refractivity contribution is -0.149. The van der Waals surface area contributed by atoms with Gasteiger partial charge in [0, 0.05) is 25.7 Å². The molecule has 1 atom stereocenters. The summed E-state index contributed by atoms with van der Waals surface area (Å²) < 4.78 is 10.6.